The Morgan fingerprint density at radius 1 is 1.41 bits per heavy atom. The molecule has 4 nitrogen and oxygen atoms in total. The third-order valence-corrected chi connectivity index (χ3v) is 3.76. The Labute approximate surface area is 104 Å². The third-order valence-electron chi connectivity index (χ3n) is 3.76. The zero-order chi connectivity index (χ0) is 12.8. The van der Waals surface area contributed by atoms with Crippen LogP contribution < -0.4 is 5.32 Å². The minimum absolute atomic E-state index is 0.0755. The van der Waals surface area contributed by atoms with E-state index in [0.717, 1.165) is 19.3 Å². The van der Waals surface area contributed by atoms with E-state index in [2.05, 4.69) is 19.2 Å². The van der Waals surface area contributed by atoms with Crippen molar-refractivity contribution in [2.75, 3.05) is 20.2 Å². The van der Waals surface area contributed by atoms with Crippen molar-refractivity contribution in [1.29, 1.82) is 0 Å². The Morgan fingerprint density at radius 3 is 2.65 bits per heavy atom. The van der Waals surface area contributed by atoms with Crippen LogP contribution in [0.5, 0.6) is 0 Å². The SMILES string of the molecule is CC(C)N(C)CC(=O)NC1CCCCC1CO. The van der Waals surface area contributed by atoms with Gasteiger partial charge in [-0.1, -0.05) is 12.8 Å². The molecule has 0 spiro atoms. The summed E-state index contributed by atoms with van der Waals surface area (Å²) in [5.41, 5.74) is 0. The molecule has 2 atom stereocenters. The van der Waals surface area contributed by atoms with E-state index in [9.17, 15) is 9.90 Å². The van der Waals surface area contributed by atoms with Gasteiger partial charge in [0, 0.05) is 24.6 Å². The maximum absolute atomic E-state index is 11.9. The molecule has 0 aromatic rings. The molecule has 0 bridgehead atoms. The molecule has 0 radical (unpaired) electrons. The predicted molar refractivity (Wildman–Crippen MR) is 68.7 cm³/mol. The molecule has 0 aromatic carbocycles. The van der Waals surface area contributed by atoms with Crippen LogP contribution in [-0.4, -0.2) is 48.2 Å². The first kappa shape index (κ1) is 14.5. The van der Waals surface area contributed by atoms with E-state index in [0.29, 0.717) is 12.6 Å². The minimum atomic E-state index is 0.0755. The molecule has 0 saturated heterocycles. The smallest absolute Gasteiger partial charge is 0.234 e. The molecule has 0 heterocycles. The van der Waals surface area contributed by atoms with Crippen LogP contribution in [0.4, 0.5) is 0 Å². The van der Waals surface area contributed by atoms with Gasteiger partial charge in [-0.3, -0.25) is 9.69 Å². The first-order chi connectivity index (χ1) is 8.04. The summed E-state index contributed by atoms with van der Waals surface area (Å²) in [6, 6.07) is 0.544. The van der Waals surface area contributed by atoms with E-state index in [1.165, 1.54) is 6.42 Å². The number of aliphatic hydroxyl groups is 1. The van der Waals surface area contributed by atoms with Gasteiger partial charge in [-0.25, -0.2) is 0 Å². The molecular weight excluding hydrogens is 216 g/mol. The van der Waals surface area contributed by atoms with Crippen LogP contribution in [0.3, 0.4) is 0 Å². The Balaban J connectivity index is 2.38. The molecule has 2 N–H and O–H groups in total. The molecule has 1 amide bonds. The predicted octanol–water partition coefficient (Wildman–Crippen LogP) is 0.994. The van der Waals surface area contributed by atoms with Crippen molar-refractivity contribution in [2.45, 2.75) is 51.6 Å². The van der Waals surface area contributed by atoms with Gasteiger partial charge < -0.3 is 10.4 Å². The molecule has 2 unspecified atom stereocenters. The molecule has 1 aliphatic rings. The fourth-order valence-electron chi connectivity index (χ4n) is 2.28. The average Bonchev–Trinajstić information content (AvgIpc) is 2.29. The van der Waals surface area contributed by atoms with E-state index in [1.54, 1.807) is 0 Å². The van der Waals surface area contributed by atoms with Gasteiger partial charge in [-0.15, -0.1) is 0 Å². The van der Waals surface area contributed by atoms with Gasteiger partial charge in [-0.2, -0.15) is 0 Å². The summed E-state index contributed by atoms with van der Waals surface area (Å²) in [6.07, 6.45) is 4.36. The van der Waals surface area contributed by atoms with E-state index < -0.39 is 0 Å². The van der Waals surface area contributed by atoms with Gasteiger partial charge in [0.15, 0.2) is 0 Å². The summed E-state index contributed by atoms with van der Waals surface area (Å²) >= 11 is 0. The summed E-state index contributed by atoms with van der Waals surface area (Å²) in [5.74, 6) is 0.323. The second-order valence-corrected chi connectivity index (χ2v) is 5.41. The summed E-state index contributed by atoms with van der Waals surface area (Å²) in [5, 5.41) is 12.3. The largest absolute Gasteiger partial charge is 0.396 e. The minimum Gasteiger partial charge on any atom is -0.396 e. The Kier molecular flexibility index (Phi) is 5.92. The highest BCUT2D eigenvalue weighted by Crippen LogP contribution is 2.23. The van der Waals surface area contributed by atoms with Gasteiger partial charge in [0.2, 0.25) is 5.91 Å². The molecule has 17 heavy (non-hydrogen) atoms. The second kappa shape index (κ2) is 6.97. The van der Waals surface area contributed by atoms with Crippen molar-refractivity contribution < 1.29 is 9.90 Å². The highest BCUT2D eigenvalue weighted by atomic mass is 16.3. The summed E-state index contributed by atoms with van der Waals surface area (Å²) < 4.78 is 0. The molecule has 0 aromatic heterocycles. The lowest BCUT2D eigenvalue weighted by Crippen LogP contribution is -2.47. The number of aliphatic hydroxyl groups excluding tert-OH is 1. The number of amides is 1. The monoisotopic (exact) mass is 242 g/mol. The highest BCUT2D eigenvalue weighted by molar-refractivity contribution is 5.78. The number of hydrogen-bond donors (Lipinski definition) is 2. The molecule has 4 heteroatoms. The van der Waals surface area contributed by atoms with Crippen molar-refractivity contribution in [2.24, 2.45) is 5.92 Å². The quantitative estimate of drug-likeness (QED) is 0.756. The molecule has 1 rings (SSSR count). The van der Waals surface area contributed by atoms with Crippen LogP contribution >= 0.6 is 0 Å². The molecular formula is C13H26N2O2. The Bertz CT molecular complexity index is 244. The van der Waals surface area contributed by atoms with Gasteiger partial charge in [0.05, 0.1) is 6.54 Å². The van der Waals surface area contributed by atoms with Gasteiger partial charge in [0.25, 0.3) is 0 Å². The van der Waals surface area contributed by atoms with Crippen LogP contribution in [0, 0.1) is 5.92 Å². The van der Waals surface area contributed by atoms with Crippen molar-refractivity contribution >= 4 is 5.91 Å². The number of carbonyl (C=O) groups is 1. The van der Waals surface area contributed by atoms with Crippen LogP contribution in [0.25, 0.3) is 0 Å². The summed E-state index contributed by atoms with van der Waals surface area (Å²) in [6.45, 7) is 4.77. The normalized spacial score (nSPS) is 25.3. The van der Waals surface area contributed by atoms with Gasteiger partial charge >= 0.3 is 0 Å². The second-order valence-electron chi connectivity index (χ2n) is 5.41. The standard InChI is InChI=1S/C13H26N2O2/c1-10(2)15(3)8-13(17)14-12-7-5-4-6-11(12)9-16/h10-12,16H,4-9H2,1-3H3,(H,14,17). The first-order valence-corrected chi connectivity index (χ1v) is 6.65. The fourth-order valence-corrected chi connectivity index (χ4v) is 2.28. The van der Waals surface area contributed by atoms with Crippen LogP contribution in [0.15, 0.2) is 0 Å². The van der Waals surface area contributed by atoms with E-state index in [4.69, 9.17) is 0 Å². The number of carbonyl (C=O) groups excluding carboxylic acids is 1. The average molecular weight is 242 g/mol. The highest BCUT2D eigenvalue weighted by Gasteiger charge is 2.26. The maximum atomic E-state index is 11.9. The zero-order valence-corrected chi connectivity index (χ0v) is 11.3. The van der Waals surface area contributed by atoms with Gasteiger partial charge in [0.1, 0.15) is 0 Å². The van der Waals surface area contributed by atoms with Crippen molar-refractivity contribution in [3.8, 4) is 0 Å². The Morgan fingerprint density at radius 2 is 2.06 bits per heavy atom. The first-order valence-electron chi connectivity index (χ1n) is 6.65. The summed E-state index contributed by atoms with van der Waals surface area (Å²) in [7, 11) is 1.95. The van der Waals surface area contributed by atoms with Crippen molar-refractivity contribution in [1.82, 2.24) is 10.2 Å². The lowest BCUT2D eigenvalue weighted by molar-refractivity contribution is -0.123. The van der Waals surface area contributed by atoms with E-state index >= 15 is 0 Å². The summed E-state index contributed by atoms with van der Waals surface area (Å²) in [4.78, 5) is 13.9. The number of hydrogen-bond acceptors (Lipinski definition) is 3. The van der Waals surface area contributed by atoms with Crippen molar-refractivity contribution in [3.05, 3.63) is 0 Å². The lowest BCUT2D eigenvalue weighted by atomic mass is 9.85. The van der Waals surface area contributed by atoms with Gasteiger partial charge in [-0.05, 0) is 33.7 Å². The van der Waals surface area contributed by atoms with Crippen molar-refractivity contribution in [3.63, 3.8) is 0 Å². The van der Waals surface area contributed by atoms with Crippen LogP contribution in [-0.2, 0) is 4.79 Å². The maximum Gasteiger partial charge on any atom is 0.234 e. The topological polar surface area (TPSA) is 52.6 Å². The van der Waals surface area contributed by atoms with Crippen LogP contribution in [0.1, 0.15) is 39.5 Å². The zero-order valence-electron chi connectivity index (χ0n) is 11.3. The van der Waals surface area contributed by atoms with E-state index in [-0.39, 0.29) is 24.5 Å². The number of likely N-dealkylation sites (N-methyl/N-ethyl adjacent to an activating group) is 1. The third kappa shape index (κ3) is 4.64. The van der Waals surface area contributed by atoms with E-state index in [1.807, 2.05) is 11.9 Å². The number of nitrogens with zero attached hydrogens (tertiary/aromatic N) is 1. The number of nitrogens with one attached hydrogen (secondary N) is 1. The Hall–Kier alpha value is -0.610. The molecule has 1 aliphatic carbocycles. The number of rotatable bonds is 5. The van der Waals surface area contributed by atoms with Crippen LogP contribution in [0.2, 0.25) is 0 Å². The molecule has 1 fully saturated rings. The molecule has 1 saturated carbocycles. The lowest BCUT2D eigenvalue weighted by Gasteiger charge is -2.31. The molecule has 0 aliphatic heterocycles. The fraction of sp³-hybridized carbons (Fsp3) is 0.923. The molecule has 100 valence electrons.